The first kappa shape index (κ1) is 16.8. The second-order valence-corrected chi connectivity index (χ2v) is 6.75. The number of rotatable bonds is 6. The Labute approximate surface area is 123 Å². The standard InChI is InChI=1S/C10H12BrFN2O5S/c1-6(5-20(13,17)18)4-19-10-8(11)2-7(12)3-9(10)14(15)16/h2-3,6H,4-5H2,1H3,(H2,13,17,18). The maximum absolute atomic E-state index is 13.1. The van der Waals surface area contributed by atoms with Gasteiger partial charge < -0.3 is 4.74 Å². The molecule has 2 N–H and O–H groups in total. The fourth-order valence-electron chi connectivity index (χ4n) is 1.50. The minimum Gasteiger partial charge on any atom is -0.486 e. The Kier molecular flexibility index (Phi) is 5.42. The fourth-order valence-corrected chi connectivity index (χ4v) is 2.92. The summed E-state index contributed by atoms with van der Waals surface area (Å²) in [5, 5.41) is 15.7. The van der Waals surface area contributed by atoms with E-state index in [9.17, 15) is 22.9 Å². The molecule has 0 aliphatic heterocycles. The molecule has 0 aliphatic carbocycles. The molecule has 7 nitrogen and oxygen atoms in total. The number of nitrogens with zero attached hydrogens (tertiary/aromatic N) is 1. The van der Waals surface area contributed by atoms with Gasteiger partial charge in [0.05, 0.1) is 27.8 Å². The van der Waals surface area contributed by atoms with Gasteiger partial charge in [0, 0.05) is 5.92 Å². The molecular weight excluding hydrogens is 359 g/mol. The number of hydrogen-bond donors (Lipinski definition) is 1. The van der Waals surface area contributed by atoms with Crippen molar-refractivity contribution in [1.82, 2.24) is 0 Å². The lowest BCUT2D eigenvalue weighted by atomic mass is 10.2. The summed E-state index contributed by atoms with van der Waals surface area (Å²) in [7, 11) is -3.66. The Balaban J connectivity index is 2.90. The van der Waals surface area contributed by atoms with Crippen LogP contribution >= 0.6 is 15.9 Å². The second kappa shape index (κ2) is 6.46. The van der Waals surface area contributed by atoms with Crippen molar-refractivity contribution in [2.24, 2.45) is 11.1 Å². The Morgan fingerprint density at radius 3 is 2.65 bits per heavy atom. The van der Waals surface area contributed by atoms with Gasteiger partial charge in [-0.05, 0) is 22.0 Å². The van der Waals surface area contributed by atoms with Gasteiger partial charge in [0.15, 0.2) is 0 Å². The summed E-state index contributed by atoms with van der Waals surface area (Å²) >= 11 is 2.97. The normalized spacial score (nSPS) is 13.0. The average molecular weight is 371 g/mol. The van der Waals surface area contributed by atoms with Gasteiger partial charge in [-0.25, -0.2) is 17.9 Å². The predicted molar refractivity (Wildman–Crippen MR) is 73.4 cm³/mol. The van der Waals surface area contributed by atoms with Crippen LogP contribution in [0.3, 0.4) is 0 Å². The van der Waals surface area contributed by atoms with Gasteiger partial charge in [-0.2, -0.15) is 0 Å². The van der Waals surface area contributed by atoms with Gasteiger partial charge in [-0.1, -0.05) is 6.92 Å². The molecule has 1 aromatic carbocycles. The van der Waals surface area contributed by atoms with E-state index in [0.717, 1.165) is 12.1 Å². The zero-order valence-corrected chi connectivity index (χ0v) is 12.8. The van der Waals surface area contributed by atoms with Gasteiger partial charge in [-0.3, -0.25) is 10.1 Å². The molecule has 0 radical (unpaired) electrons. The highest BCUT2D eigenvalue weighted by atomic mass is 79.9. The van der Waals surface area contributed by atoms with Crippen LogP contribution in [0.1, 0.15) is 6.92 Å². The summed E-state index contributed by atoms with van der Waals surface area (Å²) in [6.07, 6.45) is 0. The third kappa shape index (κ3) is 5.02. The largest absolute Gasteiger partial charge is 0.486 e. The zero-order valence-electron chi connectivity index (χ0n) is 10.4. The molecule has 0 fully saturated rings. The van der Waals surface area contributed by atoms with Gasteiger partial charge in [0.1, 0.15) is 5.82 Å². The number of nitro benzene ring substituents is 1. The van der Waals surface area contributed by atoms with E-state index in [1.165, 1.54) is 0 Å². The van der Waals surface area contributed by atoms with Crippen LogP contribution < -0.4 is 9.88 Å². The minimum atomic E-state index is -3.66. The fraction of sp³-hybridized carbons (Fsp3) is 0.400. The Hall–Kier alpha value is -1.26. The summed E-state index contributed by atoms with van der Waals surface area (Å²) in [5.74, 6) is -1.73. The molecule has 1 aromatic rings. The first-order valence-corrected chi connectivity index (χ1v) is 7.87. The molecule has 0 saturated heterocycles. The summed E-state index contributed by atoms with van der Waals surface area (Å²) in [6.45, 7) is 1.45. The SMILES string of the molecule is CC(COc1c(Br)cc(F)cc1[N+](=O)[O-])CS(N)(=O)=O. The highest BCUT2D eigenvalue weighted by Crippen LogP contribution is 2.36. The molecule has 1 atom stereocenters. The number of nitro groups is 1. The number of hydrogen-bond acceptors (Lipinski definition) is 5. The van der Waals surface area contributed by atoms with E-state index in [1.54, 1.807) is 6.92 Å². The lowest BCUT2D eigenvalue weighted by Gasteiger charge is -2.13. The van der Waals surface area contributed by atoms with E-state index in [-0.39, 0.29) is 22.6 Å². The predicted octanol–water partition coefficient (Wildman–Crippen LogP) is 1.80. The molecule has 0 saturated carbocycles. The van der Waals surface area contributed by atoms with E-state index in [2.05, 4.69) is 15.9 Å². The monoisotopic (exact) mass is 370 g/mol. The highest BCUT2D eigenvalue weighted by Gasteiger charge is 2.22. The third-order valence-electron chi connectivity index (χ3n) is 2.21. The molecule has 0 bridgehead atoms. The summed E-state index contributed by atoms with van der Waals surface area (Å²) < 4.78 is 40.2. The van der Waals surface area contributed by atoms with E-state index in [0.29, 0.717) is 0 Å². The van der Waals surface area contributed by atoms with Crippen molar-refractivity contribution in [3.05, 3.63) is 32.5 Å². The molecule has 10 heteroatoms. The van der Waals surface area contributed by atoms with E-state index in [4.69, 9.17) is 9.88 Å². The lowest BCUT2D eigenvalue weighted by molar-refractivity contribution is -0.386. The molecule has 20 heavy (non-hydrogen) atoms. The number of ether oxygens (including phenoxy) is 1. The lowest BCUT2D eigenvalue weighted by Crippen LogP contribution is -2.25. The highest BCUT2D eigenvalue weighted by molar-refractivity contribution is 9.10. The van der Waals surface area contributed by atoms with Crippen molar-refractivity contribution in [3.63, 3.8) is 0 Å². The van der Waals surface area contributed by atoms with Crippen molar-refractivity contribution in [2.45, 2.75) is 6.92 Å². The number of benzene rings is 1. The molecular formula is C10H12BrFN2O5S. The topological polar surface area (TPSA) is 113 Å². The van der Waals surface area contributed by atoms with Crippen LogP contribution in [-0.4, -0.2) is 25.7 Å². The van der Waals surface area contributed by atoms with E-state index in [1.807, 2.05) is 0 Å². The van der Waals surface area contributed by atoms with Crippen LogP contribution in [0.25, 0.3) is 0 Å². The van der Waals surface area contributed by atoms with Crippen LogP contribution in [0, 0.1) is 21.8 Å². The molecule has 0 amide bonds. The van der Waals surface area contributed by atoms with Gasteiger partial charge >= 0.3 is 5.69 Å². The number of primary sulfonamides is 1. The van der Waals surface area contributed by atoms with Crippen molar-refractivity contribution in [3.8, 4) is 5.75 Å². The van der Waals surface area contributed by atoms with Crippen LogP contribution in [-0.2, 0) is 10.0 Å². The van der Waals surface area contributed by atoms with Crippen molar-refractivity contribution in [2.75, 3.05) is 12.4 Å². The first-order valence-electron chi connectivity index (χ1n) is 5.37. The van der Waals surface area contributed by atoms with Gasteiger partial charge in [0.2, 0.25) is 15.8 Å². The van der Waals surface area contributed by atoms with Crippen LogP contribution in [0.15, 0.2) is 16.6 Å². The number of sulfonamides is 1. The second-order valence-electron chi connectivity index (χ2n) is 4.24. The maximum atomic E-state index is 13.1. The Morgan fingerprint density at radius 2 is 2.15 bits per heavy atom. The summed E-state index contributed by atoms with van der Waals surface area (Å²) in [4.78, 5) is 10.0. The molecule has 1 rings (SSSR count). The smallest absolute Gasteiger partial charge is 0.315 e. The molecule has 0 spiro atoms. The van der Waals surface area contributed by atoms with Crippen LogP contribution in [0.2, 0.25) is 0 Å². The maximum Gasteiger partial charge on any atom is 0.315 e. The quantitative estimate of drug-likeness (QED) is 0.605. The number of nitrogens with two attached hydrogens (primary N) is 1. The van der Waals surface area contributed by atoms with Crippen molar-refractivity contribution < 1.29 is 22.5 Å². The van der Waals surface area contributed by atoms with E-state index < -0.39 is 32.4 Å². The van der Waals surface area contributed by atoms with Gasteiger partial charge in [-0.15, -0.1) is 0 Å². The Morgan fingerprint density at radius 1 is 1.55 bits per heavy atom. The minimum absolute atomic E-state index is 0.0759. The van der Waals surface area contributed by atoms with Crippen molar-refractivity contribution in [1.29, 1.82) is 0 Å². The Bertz CT molecular complexity index is 622. The van der Waals surface area contributed by atoms with Crippen LogP contribution in [0.4, 0.5) is 10.1 Å². The molecule has 1 unspecified atom stereocenters. The summed E-state index contributed by atoms with van der Waals surface area (Å²) in [6, 6.07) is 1.75. The first-order chi connectivity index (χ1) is 9.10. The molecule has 0 aromatic heterocycles. The van der Waals surface area contributed by atoms with Crippen LogP contribution in [0.5, 0.6) is 5.75 Å². The van der Waals surface area contributed by atoms with E-state index >= 15 is 0 Å². The zero-order chi connectivity index (χ0) is 15.5. The molecule has 0 aliphatic rings. The summed E-state index contributed by atoms with van der Waals surface area (Å²) in [5.41, 5.74) is -0.542. The molecule has 0 heterocycles. The van der Waals surface area contributed by atoms with Gasteiger partial charge in [0.25, 0.3) is 0 Å². The average Bonchev–Trinajstić information content (AvgIpc) is 2.24. The molecule has 112 valence electrons. The van der Waals surface area contributed by atoms with Crippen molar-refractivity contribution >= 4 is 31.6 Å². The third-order valence-corrected chi connectivity index (χ3v) is 3.84. The number of halogens is 2.